The zero-order chi connectivity index (χ0) is 14.1. The fraction of sp³-hybridized carbons (Fsp3) is 0.929. The molecule has 0 spiro atoms. The summed E-state index contributed by atoms with van der Waals surface area (Å²) in [5, 5.41) is 9.47. The van der Waals surface area contributed by atoms with Crippen molar-refractivity contribution in [1.82, 2.24) is 0 Å². The Balaban J connectivity index is 2.69. The Morgan fingerprint density at radius 3 is 2.22 bits per heavy atom. The zero-order valence-electron chi connectivity index (χ0n) is 12.7. The van der Waals surface area contributed by atoms with E-state index in [1.54, 1.807) is 0 Å². The molecule has 1 rings (SSSR count). The van der Waals surface area contributed by atoms with Crippen molar-refractivity contribution in [3.63, 3.8) is 0 Å². The van der Waals surface area contributed by atoms with Gasteiger partial charge in [-0.05, 0) is 0 Å². The molecular formula is C14H29O3Si-. The minimum atomic E-state index is -2.08. The quantitative estimate of drug-likeness (QED) is 0.796. The van der Waals surface area contributed by atoms with Crippen LogP contribution in [0.5, 0.6) is 0 Å². The third-order valence-electron chi connectivity index (χ3n) is 5.11. The van der Waals surface area contributed by atoms with Crippen molar-refractivity contribution in [3.8, 4) is 0 Å². The molecule has 3 unspecified atom stereocenters. The van der Waals surface area contributed by atoms with Crippen LogP contribution in [0, 0.1) is 11.8 Å². The number of hydrogen-bond acceptors (Lipinski definition) is 2. The van der Waals surface area contributed by atoms with Crippen molar-refractivity contribution in [2.75, 3.05) is 0 Å². The summed E-state index contributed by atoms with van der Waals surface area (Å²) < 4.78 is 6.38. The summed E-state index contributed by atoms with van der Waals surface area (Å²) in [4.78, 5) is 11.2. The van der Waals surface area contributed by atoms with Gasteiger partial charge in [0.15, 0.2) is 0 Å². The topological polar surface area (TPSA) is 46.5 Å². The molecule has 4 heteroatoms. The molecule has 1 aliphatic rings. The van der Waals surface area contributed by atoms with Gasteiger partial charge < -0.3 is 0 Å². The number of carboxylic acids is 1. The third kappa shape index (κ3) is 3.35. The molecule has 1 aliphatic carbocycles. The minimum absolute atomic E-state index is 0.162. The maximum atomic E-state index is 11.2. The molecule has 0 amide bonds. The van der Waals surface area contributed by atoms with Crippen molar-refractivity contribution in [2.45, 2.75) is 71.2 Å². The van der Waals surface area contributed by atoms with E-state index in [1.165, 1.54) is 0 Å². The van der Waals surface area contributed by atoms with E-state index in [9.17, 15) is 9.90 Å². The third-order valence-corrected chi connectivity index (χ3v) is 10.3. The van der Waals surface area contributed by atoms with Crippen LogP contribution < -0.4 is 0 Å². The van der Waals surface area contributed by atoms with Crippen molar-refractivity contribution >= 4 is 14.3 Å². The normalized spacial score (nSPS) is 30.4. The van der Waals surface area contributed by atoms with Crippen LogP contribution in [0.1, 0.15) is 47.0 Å². The van der Waals surface area contributed by atoms with Crippen molar-refractivity contribution in [3.05, 3.63) is 0 Å². The molecule has 3 atom stereocenters. The predicted octanol–water partition coefficient (Wildman–Crippen LogP) is 3.63. The molecule has 1 saturated carbocycles. The molecule has 0 bridgehead atoms. The maximum absolute atomic E-state index is 11.2. The van der Waals surface area contributed by atoms with E-state index in [1.807, 2.05) is 0 Å². The summed E-state index contributed by atoms with van der Waals surface area (Å²) in [5.41, 5.74) is 0. The van der Waals surface area contributed by atoms with Crippen LogP contribution in [0.15, 0.2) is 0 Å². The SMILES string of the molecule is CCC1CC(O[SiH-](C)(C)C(C)(C)C)CC1C(=O)O. The number of aliphatic carboxylic acids is 1. The molecule has 3 nitrogen and oxygen atoms in total. The van der Waals surface area contributed by atoms with E-state index in [4.69, 9.17) is 4.43 Å². The first-order valence-electron chi connectivity index (χ1n) is 7.21. The Morgan fingerprint density at radius 1 is 1.33 bits per heavy atom. The molecule has 0 aromatic heterocycles. The van der Waals surface area contributed by atoms with Crippen LogP contribution in [0.4, 0.5) is 0 Å². The summed E-state index contributed by atoms with van der Waals surface area (Å²) in [7, 11) is -2.08. The van der Waals surface area contributed by atoms with E-state index >= 15 is 0 Å². The number of rotatable bonds is 4. The van der Waals surface area contributed by atoms with Gasteiger partial charge >= 0.3 is 112 Å². The van der Waals surface area contributed by atoms with Crippen LogP contribution in [0.3, 0.4) is 0 Å². The summed E-state index contributed by atoms with van der Waals surface area (Å²) in [6, 6.07) is 0. The molecule has 0 aliphatic heterocycles. The number of carbonyl (C=O) groups is 1. The molecule has 0 radical (unpaired) electrons. The molecule has 0 saturated heterocycles. The molecule has 1 fully saturated rings. The Morgan fingerprint density at radius 2 is 1.89 bits per heavy atom. The van der Waals surface area contributed by atoms with Gasteiger partial charge in [-0.2, -0.15) is 0 Å². The van der Waals surface area contributed by atoms with Gasteiger partial charge in [0.25, 0.3) is 0 Å². The van der Waals surface area contributed by atoms with Gasteiger partial charge in [-0.1, -0.05) is 0 Å². The van der Waals surface area contributed by atoms with Crippen LogP contribution in [0.25, 0.3) is 0 Å². The zero-order valence-corrected chi connectivity index (χ0v) is 13.8. The standard InChI is InChI=1S/C14H29O3Si/c1-7-10-8-11(9-12(10)13(15)16)17-18(5,6)14(2,3)4/h10-12,18H,7-9H2,1-6H3,(H,15,16)/q-1. The van der Waals surface area contributed by atoms with Crippen LogP contribution in [-0.4, -0.2) is 25.5 Å². The number of carboxylic acid groups (broad SMARTS) is 1. The number of hydrogen-bond donors (Lipinski definition) is 1. The first kappa shape index (κ1) is 15.7. The van der Waals surface area contributed by atoms with E-state index in [2.05, 4.69) is 40.8 Å². The second-order valence-corrected chi connectivity index (χ2v) is 12.9. The summed E-state index contributed by atoms with van der Waals surface area (Å²) >= 11 is 0. The Bertz CT molecular complexity index is 307. The average molecular weight is 273 g/mol. The fourth-order valence-corrected chi connectivity index (χ4v) is 4.22. The molecule has 108 valence electrons. The second-order valence-electron chi connectivity index (χ2n) is 7.45. The van der Waals surface area contributed by atoms with E-state index < -0.39 is 14.3 Å². The van der Waals surface area contributed by atoms with E-state index in [0.29, 0.717) is 12.3 Å². The molecular weight excluding hydrogens is 244 g/mol. The van der Waals surface area contributed by atoms with Crippen molar-refractivity contribution in [2.24, 2.45) is 11.8 Å². The van der Waals surface area contributed by atoms with Gasteiger partial charge in [0.05, 0.1) is 0 Å². The van der Waals surface area contributed by atoms with Crippen molar-refractivity contribution < 1.29 is 14.3 Å². The molecule has 0 aromatic carbocycles. The summed E-state index contributed by atoms with van der Waals surface area (Å²) in [6.07, 6.45) is 2.73. The van der Waals surface area contributed by atoms with Gasteiger partial charge in [0.2, 0.25) is 0 Å². The summed E-state index contributed by atoms with van der Waals surface area (Å²) in [6.45, 7) is 13.3. The van der Waals surface area contributed by atoms with E-state index in [0.717, 1.165) is 12.8 Å². The van der Waals surface area contributed by atoms with Gasteiger partial charge in [-0.3, -0.25) is 0 Å². The monoisotopic (exact) mass is 273 g/mol. The Labute approximate surface area is 112 Å². The van der Waals surface area contributed by atoms with Gasteiger partial charge in [-0.25, -0.2) is 0 Å². The summed E-state index contributed by atoms with van der Waals surface area (Å²) in [5.74, 6) is -0.553. The van der Waals surface area contributed by atoms with Gasteiger partial charge in [0.1, 0.15) is 0 Å². The van der Waals surface area contributed by atoms with E-state index in [-0.39, 0.29) is 17.1 Å². The van der Waals surface area contributed by atoms with Crippen LogP contribution in [-0.2, 0) is 9.22 Å². The van der Waals surface area contributed by atoms with Gasteiger partial charge in [0, 0.05) is 0 Å². The predicted molar refractivity (Wildman–Crippen MR) is 77.6 cm³/mol. The second kappa shape index (κ2) is 5.33. The molecule has 0 heterocycles. The molecule has 18 heavy (non-hydrogen) atoms. The van der Waals surface area contributed by atoms with Crippen LogP contribution >= 0.6 is 0 Å². The molecule has 1 N–H and O–H groups in total. The average Bonchev–Trinajstić information content (AvgIpc) is 2.58. The molecule has 0 aromatic rings. The first-order chi connectivity index (χ1) is 8.08. The first-order valence-corrected chi connectivity index (χ1v) is 10.6. The fourth-order valence-electron chi connectivity index (χ4n) is 2.62. The van der Waals surface area contributed by atoms with Crippen molar-refractivity contribution in [1.29, 1.82) is 0 Å². The Hall–Kier alpha value is -0.353. The van der Waals surface area contributed by atoms with Gasteiger partial charge in [-0.15, -0.1) is 0 Å². The Kier molecular flexibility index (Phi) is 4.65. The van der Waals surface area contributed by atoms with Crippen LogP contribution in [0.2, 0.25) is 18.1 Å².